The lowest BCUT2D eigenvalue weighted by molar-refractivity contribution is -0.0767. The van der Waals surface area contributed by atoms with E-state index in [1.807, 2.05) is 0 Å². The molecule has 0 amide bonds. The van der Waals surface area contributed by atoms with Crippen LogP contribution in [0.3, 0.4) is 0 Å². The fourth-order valence-corrected chi connectivity index (χ4v) is 4.98. The molecule has 16 heavy (non-hydrogen) atoms. The number of hydrogen-bond acceptors (Lipinski definition) is 1. The highest BCUT2D eigenvalue weighted by Gasteiger charge is 2.71. The predicted octanol–water partition coefficient (Wildman–Crippen LogP) is 3.53. The summed E-state index contributed by atoms with van der Waals surface area (Å²) in [4.78, 5) is 0. The van der Waals surface area contributed by atoms with Crippen LogP contribution in [0.1, 0.15) is 53.4 Å². The Morgan fingerprint density at radius 1 is 1.25 bits per heavy atom. The number of allylic oxidation sites excluding steroid dienone is 1. The molecule has 1 nitrogen and oxygen atoms in total. The Balaban J connectivity index is 2.09. The van der Waals surface area contributed by atoms with Crippen LogP contribution in [-0.2, 0) is 0 Å². The summed E-state index contributed by atoms with van der Waals surface area (Å²) < 4.78 is 0. The van der Waals surface area contributed by atoms with Gasteiger partial charge in [0.1, 0.15) is 0 Å². The number of rotatable bonds is 0. The smallest absolute Gasteiger partial charge is 0.0715 e. The minimum Gasteiger partial charge on any atom is -0.389 e. The van der Waals surface area contributed by atoms with Crippen LogP contribution in [0.25, 0.3) is 0 Å². The van der Waals surface area contributed by atoms with Gasteiger partial charge in [0.2, 0.25) is 0 Å². The molecule has 0 aromatic heterocycles. The summed E-state index contributed by atoms with van der Waals surface area (Å²) in [5.41, 5.74) is 1.56. The van der Waals surface area contributed by atoms with E-state index in [4.69, 9.17) is 0 Å². The lowest BCUT2D eigenvalue weighted by Gasteiger charge is -2.50. The summed E-state index contributed by atoms with van der Waals surface area (Å²) in [7, 11) is 0. The van der Waals surface area contributed by atoms with E-state index in [0.717, 1.165) is 18.8 Å². The molecule has 2 fully saturated rings. The summed E-state index contributed by atoms with van der Waals surface area (Å²) in [5, 5.41) is 10.8. The van der Waals surface area contributed by atoms with E-state index in [-0.39, 0.29) is 5.41 Å². The molecule has 0 bridgehead atoms. The third-order valence-electron chi connectivity index (χ3n) is 6.20. The van der Waals surface area contributed by atoms with Gasteiger partial charge in [-0.2, -0.15) is 0 Å². The highest BCUT2D eigenvalue weighted by Crippen LogP contribution is 2.75. The standard InChI is InChI=1S/C15H24O/c1-13(2)11-8-7-10-6-5-9-14(3,16)15(10,4)12(11)13/h6,11-12,16H,5,7-9H2,1-4H3/t11-,12+,14+,15+/m1/s1. The highest BCUT2D eigenvalue weighted by atomic mass is 16.3. The van der Waals surface area contributed by atoms with Gasteiger partial charge in [-0.3, -0.25) is 0 Å². The maximum Gasteiger partial charge on any atom is 0.0715 e. The molecule has 3 aliphatic carbocycles. The fourth-order valence-electron chi connectivity index (χ4n) is 4.98. The average Bonchev–Trinajstić information content (AvgIpc) is 2.72. The van der Waals surface area contributed by atoms with Crippen LogP contribution in [0.5, 0.6) is 0 Å². The van der Waals surface area contributed by atoms with Crippen molar-refractivity contribution in [2.75, 3.05) is 0 Å². The first kappa shape index (κ1) is 10.8. The van der Waals surface area contributed by atoms with Crippen molar-refractivity contribution in [2.45, 2.75) is 59.0 Å². The first-order valence-electron chi connectivity index (χ1n) is 6.74. The molecule has 90 valence electrons. The normalized spacial score (nSPS) is 53.7. The molecule has 2 saturated carbocycles. The van der Waals surface area contributed by atoms with E-state index in [2.05, 4.69) is 33.8 Å². The largest absolute Gasteiger partial charge is 0.389 e. The van der Waals surface area contributed by atoms with Crippen LogP contribution < -0.4 is 0 Å². The Morgan fingerprint density at radius 3 is 2.62 bits per heavy atom. The van der Waals surface area contributed by atoms with E-state index in [1.54, 1.807) is 5.57 Å². The molecule has 0 aromatic rings. The monoisotopic (exact) mass is 220 g/mol. The molecule has 4 atom stereocenters. The summed E-state index contributed by atoms with van der Waals surface area (Å²) in [6, 6.07) is 0. The van der Waals surface area contributed by atoms with Gasteiger partial charge in [-0.05, 0) is 49.9 Å². The molecule has 0 spiro atoms. The Kier molecular flexibility index (Phi) is 1.86. The Labute approximate surface area is 98.9 Å². The number of fused-ring (bicyclic) bond motifs is 3. The molecule has 0 radical (unpaired) electrons. The van der Waals surface area contributed by atoms with Gasteiger partial charge < -0.3 is 5.11 Å². The summed E-state index contributed by atoms with van der Waals surface area (Å²) >= 11 is 0. The zero-order valence-corrected chi connectivity index (χ0v) is 11.0. The van der Waals surface area contributed by atoms with Gasteiger partial charge in [0, 0.05) is 5.41 Å². The number of aliphatic hydroxyl groups is 1. The summed E-state index contributed by atoms with van der Waals surface area (Å²) in [6.45, 7) is 9.17. The fraction of sp³-hybridized carbons (Fsp3) is 0.867. The van der Waals surface area contributed by atoms with Crippen molar-refractivity contribution < 1.29 is 5.11 Å². The molecule has 0 saturated heterocycles. The van der Waals surface area contributed by atoms with Gasteiger partial charge in [0.05, 0.1) is 5.60 Å². The van der Waals surface area contributed by atoms with Crippen molar-refractivity contribution in [1.82, 2.24) is 0 Å². The highest BCUT2D eigenvalue weighted by molar-refractivity contribution is 5.34. The minimum absolute atomic E-state index is 0.0532. The zero-order chi connectivity index (χ0) is 11.8. The second-order valence-corrected chi connectivity index (χ2v) is 7.19. The lowest BCUT2D eigenvalue weighted by atomic mass is 9.57. The molecule has 0 heterocycles. The molecule has 3 aliphatic rings. The van der Waals surface area contributed by atoms with Crippen molar-refractivity contribution in [3.05, 3.63) is 11.6 Å². The average molecular weight is 220 g/mol. The minimum atomic E-state index is -0.492. The Hall–Kier alpha value is -0.300. The Morgan fingerprint density at radius 2 is 1.94 bits per heavy atom. The van der Waals surface area contributed by atoms with Gasteiger partial charge in [-0.25, -0.2) is 0 Å². The van der Waals surface area contributed by atoms with Crippen LogP contribution >= 0.6 is 0 Å². The van der Waals surface area contributed by atoms with Crippen molar-refractivity contribution in [2.24, 2.45) is 22.7 Å². The third-order valence-corrected chi connectivity index (χ3v) is 6.20. The second-order valence-electron chi connectivity index (χ2n) is 7.19. The molecular weight excluding hydrogens is 196 g/mol. The van der Waals surface area contributed by atoms with E-state index >= 15 is 0 Å². The number of hydrogen-bond donors (Lipinski definition) is 1. The van der Waals surface area contributed by atoms with Crippen molar-refractivity contribution in [3.8, 4) is 0 Å². The van der Waals surface area contributed by atoms with Crippen LogP contribution in [0.4, 0.5) is 0 Å². The van der Waals surface area contributed by atoms with Crippen molar-refractivity contribution in [1.29, 1.82) is 0 Å². The molecule has 3 rings (SSSR count). The van der Waals surface area contributed by atoms with E-state index in [1.165, 1.54) is 12.8 Å². The first-order chi connectivity index (χ1) is 7.32. The van der Waals surface area contributed by atoms with Crippen LogP contribution in [-0.4, -0.2) is 10.7 Å². The summed E-state index contributed by atoms with van der Waals surface area (Å²) in [5.74, 6) is 1.55. The molecule has 1 heteroatoms. The van der Waals surface area contributed by atoms with E-state index < -0.39 is 5.60 Å². The van der Waals surface area contributed by atoms with Gasteiger partial charge in [0.15, 0.2) is 0 Å². The Bertz CT molecular complexity index is 364. The van der Waals surface area contributed by atoms with Crippen LogP contribution in [0.2, 0.25) is 0 Å². The first-order valence-corrected chi connectivity index (χ1v) is 6.74. The summed E-state index contributed by atoms with van der Waals surface area (Å²) in [6.07, 6.45) is 6.98. The molecule has 0 unspecified atom stereocenters. The van der Waals surface area contributed by atoms with E-state index in [0.29, 0.717) is 11.3 Å². The molecule has 1 N–H and O–H groups in total. The molecule has 0 aromatic carbocycles. The van der Waals surface area contributed by atoms with Gasteiger partial charge in [-0.15, -0.1) is 0 Å². The van der Waals surface area contributed by atoms with Gasteiger partial charge in [-0.1, -0.05) is 32.4 Å². The van der Waals surface area contributed by atoms with Crippen LogP contribution in [0, 0.1) is 22.7 Å². The maximum absolute atomic E-state index is 10.8. The lowest BCUT2D eigenvalue weighted by Crippen LogP contribution is -2.50. The molecular formula is C15H24O. The maximum atomic E-state index is 10.8. The third kappa shape index (κ3) is 1.01. The second kappa shape index (κ2) is 2.75. The SMILES string of the molecule is CC1(C)[C@@H]2CCC3=CCC[C@](C)(O)[C@]3(C)[C@@H]21. The topological polar surface area (TPSA) is 20.2 Å². The zero-order valence-electron chi connectivity index (χ0n) is 11.0. The quantitative estimate of drug-likeness (QED) is 0.619. The van der Waals surface area contributed by atoms with Crippen LogP contribution in [0.15, 0.2) is 11.6 Å². The van der Waals surface area contributed by atoms with Crippen molar-refractivity contribution >= 4 is 0 Å². The predicted molar refractivity (Wildman–Crippen MR) is 66.0 cm³/mol. The van der Waals surface area contributed by atoms with Crippen molar-refractivity contribution in [3.63, 3.8) is 0 Å². The molecule has 0 aliphatic heterocycles. The van der Waals surface area contributed by atoms with Gasteiger partial charge >= 0.3 is 0 Å². The van der Waals surface area contributed by atoms with Gasteiger partial charge in [0.25, 0.3) is 0 Å². The van der Waals surface area contributed by atoms with E-state index in [9.17, 15) is 5.11 Å².